The smallest absolute Gasteiger partial charge is 0.356 e. The van der Waals surface area contributed by atoms with E-state index in [4.69, 9.17) is 4.74 Å². The van der Waals surface area contributed by atoms with E-state index >= 15 is 0 Å². The summed E-state index contributed by atoms with van der Waals surface area (Å²) in [6, 6.07) is 12.3. The van der Waals surface area contributed by atoms with Crippen LogP contribution < -0.4 is 4.74 Å². The topological polar surface area (TPSA) is 72.3 Å². The molecule has 0 saturated heterocycles. The summed E-state index contributed by atoms with van der Waals surface area (Å²) in [6.07, 6.45) is 5.48. The molecule has 0 bridgehead atoms. The molecule has 3 aromatic rings. The Morgan fingerprint density at radius 1 is 1.10 bits per heavy atom. The molecule has 1 N–H and O–H groups in total. The molecule has 1 aliphatic rings. The van der Waals surface area contributed by atoms with Gasteiger partial charge in [0.2, 0.25) is 0 Å². The van der Waals surface area contributed by atoms with Crippen LogP contribution in [0.15, 0.2) is 54.9 Å². The number of allylic oxidation sites excluding steroid dienone is 2. The largest absolute Gasteiger partial charge is 0.488 e. The first-order chi connectivity index (χ1) is 14.5. The minimum Gasteiger partial charge on any atom is -0.488 e. The number of benzene rings is 2. The first kappa shape index (κ1) is 19.8. The van der Waals surface area contributed by atoms with Gasteiger partial charge in [0, 0.05) is 5.56 Å². The third-order valence-electron chi connectivity index (χ3n) is 5.15. The van der Waals surface area contributed by atoms with E-state index in [2.05, 4.69) is 16.0 Å². The van der Waals surface area contributed by atoms with Crippen LogP contribution in [0.1, 0.15) is 52.1 Å². The van der Waals surface area contributed by atoms with Crippen molar-refractivity contribution in [1.82, 2.24) is 9.97 Å². The molecule has 0 unspecified atom stereocenters. The van der Waals surface area contributed by atoms with E-state index in [1.165, 1.54) is 18.3 Å². The van der Waals surface area contributed by atoms with Gasteiger partial charge in [-0.15, -0.1) is 0 Å². The van der Waals surface area contributed by atoms with Crippen LogP contribution in [0.3, 0.4) is 0 Å². The van der Waals surface area contributed by atoms with Gasteiger partial charge in [-0.3, -0.25) is 4.98 Å². The summed E-state index contributed by atoms with van der Waals surface area (Å²) < 4.78 is 19.2. The number of carboxylic acids is 1. The van der Waals surface area contributed by atoms with E-state index in [0.29, 0.717) is 12.3 Å². The molecule has 0 saturated carbocycles. The molecule has 6 heteroatoms. The van der Waals surface area contributed by atoms with Gasteiger partial charge in [-0.1, -0.05) is 23.8 Å². The maximum Gasteiger partial charge on any atom is 0.356 e. The number of aromatic nitrogens is 2. The summed E-state index contributed by atoms with van der Waals surface area (Å²) in [5.41, 5.74) is 5.59. The lowest BCUT2D eigenvalue weighted by molar-refractivity contribution is 0.0690. The second-order valence-corrected chi connectivity index (χ2v) is 7.32. The number of rotatable bonds is 6. The zero-order valence-electron chi connectivity index (χ0n) is 16.6. The Kier molecular flexibility index (Phi) is 5.57. The molecule has 4 rings (SSSR count). The summed E-state index contributed by atoms with van der Waals surface area (Å²) in [5.74, 6) is -0.634. The van der Waals surface area contributed by atoms with Crippen LogP contribution in [0.2, 0.25) is 0 Å². The number of hydrogen-bond donors (Lipinski definition) is 1. The van der Waals surface area contributed by atoms with E-state index in [0.717, 1.165) is 52.8 Å². The summed E-state index contributed by atoms with van der Waals surface area (Å²) in [4.78, 5) is 19.6. The van der Waals surface area contributed by atoms with Gasteiger partial charge < -0.3 is 9.84 Å². The van der Waals surface area contributed by atoms with Crippen molar-refractivity contribution in [2.75, 3.05) is 0 Å². The summed E-state index contributed by atoms with van der Waals surface area (Å²) in [5, 5.41) is 9.25. The Bertz CT molecular complexity index is 1120. The van der Waals surface area contributed by atoms with Crippen LogP contribution in [-0.2, 0) is 6.61 Å². The van der Waals surface area contributed by atoms with Crippen molar-refractivity contribution in [2.45, 2.75) is 32.8 Å². The highest BCUT2D eigenvalue weighted by molar-refractivity contribution is 5.94. The number of aromatic carboxylic acids is 1. The van der Waals surface area contributed by atoms with E-state index in [1.54, 1.807) is 18.3 Å². The van der Waals surface area contributed by atoms with Crippen LogP contribution in [0, 0.1) is 12.7 Å². The molecule has 0 spiro atoms. The normalized spacial score (nSPS) is 13.5. The highest BCUT2D eigenvalue weighted by Gasteiger charge is 2.22. The molecule has 30 heavy (non-hydrogen) atoms. The predicted octanol–water partition coefficient (Wildman–Crippen LogP) is 5.30. The van der Waals surface area contributed by atoms with Crippen LogP contribution in [-0.4, -0.2) is 21.0 Å². The van der Waals surface area contributed by atoms with Gasteiger partial charge in [-0.05, 0) is 67.2 Å². The van der Waals surface area contributed by atoms with Crippen molar-refractivity contribution >= 4 is 17.1 Å². The quantitative estimate of drug-likeness (QED) is 0.604. The minimum atomic E-state index is -1.09. The number of carbonyl (C=O) groups is 1. The summed E-state index contributed by atoms with van der Waals surface area (Å²) in [6.45, 7) is 2.35. The molecule has 0 amide bonds. The number of carboxylic acid groups (broad SMARTS) is 1. The number of hydrogen-bond acceptors (Lipinski definition) is 4. The Labute approximate surface area is 173 Å². The van der Waals surface area contributed by atoms with Crippen molar-refractivity contribution in [1.29, 1.82) is 0 Å². The van der Waals surface area contributed by atoms with Crippen LogP contribution >= 0.6 is 0 Å². The lowest BCUT2D eigenvalue weighted by Gasteiger charge is -2.15. The molecule has 152 valence electrons. The van der Waals surface area contributed by atoms with Crippen molar-refractivity contribution in [3.05, 3.63) is 88.8 Å². The van der Waals surface area contributed by atoms with E-state index in [1.807, 2.05) is 19.1 Å². The average Bonchev–Trinajstić information content (AvgIpc) is 3.24. The van der Waals surface area contributed by atoms with E-state index < -0.39 is 5.97 Å². The molecule has 1 heterocycles. The molecule has 0 aliphatic heterocycles. The fourth-order valence-electron chi connectivity index (χ4n) is 3.69. The van der Waals surface area contributed by atoms with Gasteiger partial charge in [0.15, 0.2) is 5.69 Å². The van der Waals surface area contributed by atoms with Crippen LogP contribution in [0.5, 0.6) is 5.75 Å². The summed E-state index contributed by atoms with van der Waals surface area (Å²) >= 11 is 0. The minimum absolute atomic E-state index is 0.0664. The van der Waals surface area contributed by atoms with Gasteiger partial charge in [0.25, 0.3) is 0 Å². The standard InChI is InChI=1S/C24H21FN2O3/c1-15-5-10-23(30-14-16-6-8-17(25)9-7-16)20(11-15)18-3-2-4-19(18)21-12-26-13-22(27-21)24(28)29/h5-13H,2-4,14H2,1H3,(H,28,29). The molecular formula is C24H21FN2O3. The van der Waals surface area contributed by atoms with Gasteiger partial charge in [-0.2, -0.15) is 0 Å². The molecule has 1 aliphatic carbocycles. The zero-order valence-corrected chi connectivity index (χ0v) is 16.6. The van der Waals surface area contributed by atoms with Gasteiger partial charge in [0.1, 0.15) is 18.2 Å². The van der Waals surface area contributed by atoms with Gasteiger partial charge in [0.05, 0.1) is 18.1 Å². The highest BCUT2D eigenvalue weighted by atomic mass is 19.1. The van der Waals surface area contributed by atoms with Crippen molar-refractivity contribution in [3.8, 4) is 5.75 Å². The van der Waals surface area contributed by atoms with Crippen LogP contribution in [0.4, 0.5) is 4.39 Å². The lowest BCUT2D eigenvalue weighted by Crippen LogP contribution is -2.04. The maximum absolute atomic E-state index is 13.2. The average molecular weight is 404 g/mol. The third kappa shape index (κ3) is 4.22. The summed E-state index contributed by atoms with van der Waals surface area (Å²) in [7, 11) is 0. The Morgan fingerprint density at radius 3 is 2.63 bits per heavy atom. The lowest BCUT2D eigenvalue weighted by atomic mass is 9.97. The molecule has 0 radical (unpaired) electrons. The zero-order chi connectivity index (χ0) is 21.1. The first-order valence-corrected chi connectivity index (χ1v) is 9.77. The van der Waals surface area contributed by atoms with Gasteiger partial charge in [-0.25, -0.2) is 14.2 Å². The van der Waals surface area contributed by atoms with E-state index in [9.17, 15) is 14.3 Å². The molecule has 2 aromatic carbocycles. The van der Waals surface area contributed by atoms with Crippen molar-refractivity contribution in [2.24, 2.45) is 0 Å². The second kappa shape index (κ2) is 8.45. The second-order valence-electron chi connectivity index (χ2n) is 7.32. The number of aryl methyl sites for hydroxylation is 1. The SMILES string of the molecule is Cc1ccc(OCc2ccc(F)cc2)c(C2=C(c3cncc(C(=O)O)n3)CCC2)c1. The number of halogens is 1. The molecule has 0 fully saturated rings. The van der Waals surface area contributed by atoms with Crippen LogP contribution in [0.25, 0.3) is 11.1 Å². The monoisotopic (exact) mass is 404 g/mol. The van der Waals surface area contributed by atoms with Gasteiger partial charge >= 0.3 is 5.97 Å². The first-order valence-electron chi connectivity index (χ1n) is 9.77. The molecule has 1 aromatic heterocycles. The van der Waals surface area contributed by atoms with Crippen molar-refractivity contribution in [3.63, 3.8) is 0 Å². The fourth-order valence-corrected chi connectivity index (χ4v) is 3.69. The number of ether oxygens (including phenoxy) is 1. The predicted molar refractivity (Wildman–Crippen MR) is 112 cm³/mol. The number of nitrogens with zero attached hydrogens (tertiary/aromatic N) is 2. The van der Waals surface area contributed by atoms with E-state index in [-0.39, 0.29) is 11.5 Å². The Balaban J connectivity index is 1.70. The highest BCUT2D eigenvalue weighted by Crippen LogP contribution is 2.42. The fraction of sp³-hybridized carbons (Fsp3) is 0.208. The van der Waals surface area contributed by atoms with Crippen molar-refractivity contribution < 1.29 is 19.0 Å². The Hall–Kier alpha value is -3.54. The third-order valence-corrected chi connectivity index (χ3v) is 5.15. The molecular weight excluding hydrogens is 383 g/mol. The maximum atomic E-state index is 13.2. The Morgan fingerprint density at radius 2 is 1.87 bits per heavy atom. The molecule has 5 nitrogen and oxygen atoms in total. The molecule has 0 atom stereocenters.